The molecule has 110 valence electrons. The van der Waals surface area contributed by atoms with Crippen molar-refractivity contribution in [1.82, 2.24) is 10.2 Å². The van der Waals surface area contributed by atoms with Crippen LogP contribution in [0.3, 0.4) is 0 Å². The van der Waals surface area contributed by atoms with Gasteiger partial charge in [-0.2, -0.15) is 0 Å². The molecule has 1 atom stereocenters. The largest absolute Gasteiger partial charge is 0.342 e. The van der Waals surface area contributed by atoms with Gasteiger partial charge in [0.05, 0.1) is 5.92 Å². The monoisotopic (exact) mass is 294 g/mol. The van der Waals surface area contributed by atoms with Gasteiger partial charge in [-0.1, -0.05) is 30.3 Å². The van der Waals surface area contributed by atoms with E-state index in [9.17, 15) is 4.79 Å². The van der Waals surface area contributed by atoms with Crippen LogP contribution in [0.15, 0.2) is 30.3 Å². The number of amides is 1. The third kappa shape index (κ3) is 3.33. The topological polar surface area (TPSA) is 32.3 Å². The van der Waals surface area contributed by atoms with Crippen molar-refractivity contribution >= 4 is 18.3 Å². The molecule has 1 N–H and O–H groups in total. The van der Waals surface area contributed by atoms with E-state index in [4.69, 9.17) is 0 Å². The average molecular weight is 295 g/mol. The summed E-state index contributed by atoms with van der Waals surface area (Å²) in [7, 11) is 0. The minimum Gasteiger partial charge on any atom is -0.342 e. The minimum absolute atomic E-state index is 0. The molecule has 0 radical (unpaired) electrons. The third-order valence-electron chi connectivity index (χ3n) is 4.44. The second kappa shape index (κ2) is 7.09. The van der Waals surface area contributed by atoms with Gasteiger partial charge in [-0.15, -0.1) is 12.4 Å². The molecule has 3 rings (SSSR count). The molecule has 0 saturated carbocycles. The number of hydrogen-bond acceptors (Lipinski definition) is 2. The van der Waals surface area contributed by atoms with Crippen LogP contribution in [-0.2, 0) is 4.79 Å². The zero-order valence-electron chi connectivity index (χ0n) is 11.8. The second-order valence-corrected chi connectivity index (χ2v) is 5.72. The molecule has 2 aliphatic heterocycles. The van der Waals surface area contributed by atoms with Gasteiger partial charge in [-0.3, -0.25) is 4.79 Å². The highest BCUT2D eigenvalue weighted by molar-refractivity contribution is 5.85. The maximum absolute atomic E-state index is 12.3. The molecule has 2 saturated heterocycles. The molecule has 3 nitrogen and oxygen atoms in total. The highest BCUT2D eigenvalue weighted by Gasteiger charge is 2.30. The van der Waals surface area contributed by atoms with E-state index in [-0.39, 0.29) is 18.3 Å². The first-order chi connectivity index (χ1) is 9.34. The Bertz CT molecular complexity index is 433. The minimum atomic E-state index is 0. The first-order valence-electron chi connectivity index (χ1n) is 7.39. The predicted molar refractivity (Wildman–Crippen MR) is 83.2 cm³/mol. The van der Waals surface area contributed by atoms with Crippen LogP contribution in [-0.4, -0.2) is 37.0 Å². The highest BCUT2D eigenvalue weighted by atomic mass is 35.5. The number of benzene rings is 1. The van der Waals surface area contributed by atoms with Gasteiger partial charge in [-0.25, -0.2) is 0 Å². The Balaban J connectivity index is 0.00000147. The van der Waals surface area contributed by atoms with Crippen molar-refractivity contribution in [2.24, 2.45) is 5.92 Å². The van der Waals surface area contributed by atoms with E-state index >= 15 is 0 Å². The average Bonchev–Trinajstić information content (AvgIpc) is 2.63. The molecule has 0 spiro atoms. The van der Waals surface area contributed by atoms with Gasteiger partial charge in [0.15, 0.2) is 0 Å². The fraction of sp³-hybridized carbons (Fsp3) is 0.562. The number of hydrogen-bond donors (Lipinski definition) is 1. The van der Waals surface area contributed by atoms with Crippen LogP contribution in [0.5, 0.6) is 0 Å². The lowest BCUT2D eigenvalue weighted by Gasteiger charge is -2.31. The van der Waals surface area contributed by atoms with Crippen LogP contribution >= 0.6 is 12.4 Å². The molecular formula is C16H23ClN2O. The van der Waals surface area contributed by atoms with Crippen LogP contribution in [0.4, 0.5) is 0 Å². The van der Waals surface area contributed by atoms with Crippen molar-refractivity contribution in [2.75, 3.05) is 26.2 Å². The maximum atomic E-state index is 12.3. The summed E-state index contributed by atoms with van der Waals surface area (Å²) in [6.45, 7) is 3.61. The van der Waals surface area contributed by atoms with E-state index in [2.05, 4.69) is 40.5 Å². The molecule has 2 aliphatic rings. The molecule has 4 heteroatoms. The number of carbonyl (C=O) groups excluding carboxylic acids is 1. The van der Waals surface area contributed by atoms with Crippen molar-refractivity contribution in [3.05, 3.63) is 35.9 Å². The van der Waals surface area contributed by atoms with Crippen molar-refractivity contribution in [3.63, 3.8) is 0 Å². The predicted octanol–water partition coefficient (Wildman–Crippen LogP) is 2.42. The van der Waals surface area contributed by atoms with Crippen LogP contribution in [0.1, 0.15) is 30.7 Å². The SMILES string of the molecule is Cl.O=C(C1CNC1)N1CCCC(c2ccccc2)CC1. The molecule has 1 aromatic rings. The smallest absolute Gasteiger partial charge is 0.228 e. The van der Waals surface area contributed by atoms with Gasteiger partial charge < -0.3 is 10.2 Å². The van der Waals surface area contributed by atoms with E-state index in [1.807, 2.05) is 0 Å². The Morgan fingerprint density at radius 1 is 1.10 bits per heavy atom. The Kier molecular flexibility index (Phi) is 5.44. The lowest BCUT2D eigenvalue weighted by Crippen LogP contribution is -2.52. The zero-order chi connectivity index (χ0) is 13.1. The Morgan fingerprint density at radius 2 is 1.85 bits per heavy atom. The first kappa shape index (κ1) is 15.3. The summed E-state index contributed by atoms with van der Waals surface area (Å²) < 4.78 is 0. The molecule has 0 aromatic heterocycles. The summed E-state index contributed by atoms with van der Waals surface area (Å²) in [6.07, 6.45) is 3.44. The van der Waals surface area contributed by atoms with Gasteiger partial charge in [0.1, 0.15) is 0 Å². The van der Waals surface area contributed by atoms with E-state index in [1.165, 1.54) is 12.0 Å². The van der Waals surface area contributed by atoms with Gasteiger partial charge in [-0.05, 0) is 30.7 Å². The van der Waals surface area contributed by atoms with E-state index in [0.29, 0.717) is 11.8 Å². The molecular weight excluding hydrogens is 272 g/mol. The van der Waals surface area contributed by atoms with Crippen LogP contribution in [0.2, 0.25) is 0 Å². The molecule has 1 unspecified atom stereocenters. The second-order valence-electron chi connectivity index (χ2n) is 5.72. The summed E-state index contributed by atoms with van der Waals surface area (Å²) >= 11 is 0. The molecule has 20 heavy (non-hydrogen) atoms. The van der Waals surface area contributed by atoms with Crippen LogP contribution in [0, 0.1) is 5.92 Å². The van der Waals surface area contributed by atoms with Gasteiger partial charge in [0.25, 0.3) is 0 Å². The standard InChI is InChI=1S/C16H22N2O.ClH/c19-16(15-11-17-12-15)18-9-4-7-14(8-10-18)13-5-2-1-3-6-13;/h1-3,5-6,14-15,17H,4,7-12H2;1H. The molecule has 0 aliphatic carbocycles. The van der Waals surface area contributed by atoms with Crippen molar-refractivity contribution in [1.29, 1.82) is 0 Å². The number of rotatable bonds is 2. The number of likely N-dealkylation sites (tertiary alicyclic amines) is 1. The van der Waals surface area contributed by atoms with Gasteiger partial charge >= 0.3 is 0 Å². The summed E-state index contributed by atoms with van der Waals surface area (Å²) in [6, 6.07) is 10.7. The molecule has 1 aromatic carbocycles. The molecule has 0 bridgehead atoms. The molecule has 1 amide bonds. The van der Waals surface area contributed by atoms with Crippen LogP contribution in [0.25, 0.3) is 0 Å². The van der Waals surface area contributed by atoms with Gasteiger partial charge in [0, 0.05) is 26.2 Å². The first-order valence-corrected chi connectivity index (χ1v) is 7.39. The summed E-state index contributed by atoms with van der Waals surface area (Å²) in [5, 5.41) is 3.18. The lowest BCUT2D eigenvalue weighted by atomic mass is 9.92. The Labute approximate surface area is 127 Å². The molecule has 2 heterocycles. The summed E-state index contributed by atoms with van der Waals surface area (Å²) in [4.78, 5) is 14.4. The van der Waals surface area contributed by atoms with Crippen molar-refractivity contribution in [3.8, 4) is 0 Å². The normalized spacial score (nSPS) is 23.4. The zero-order valence-corrected chi connectivity index (χ0v) is 12.6. The van der Waals surface area contributed by atoms with Gasteiger partial charge in [0.2, 0.25) is 5.91 Å². The number of nitrogens with zero attached hydrogens (tertiary/aromatic N) is 1. The highest BCUT2D eigenvalue weighted by Crippen LogP contribution is 2.28. The molecule has 2 fully saturated rings. The van der Waals surface area contributed by atoms with Crippen molar-refractivity contribution < 1.29 is 4.79 Å². The van der Waals surface area contributed by atoms with Crippen LogP contribution < -0.4 is 5.32 Å². The number of halogens is 1. The third-order valence-corrected chi connectivity index (χ3v) is 4.44. The summed E-state index contributed by atoms with van der Waals surface area (Å²) in [5.41, 5.74) is 1.43. The van der Waals surface area contributed by atoms with E-state index in [0.717, 1.165) is 39.0 Å². The fourth-order valence-electron chi connectivity index (χ4n) is 3.10. The lowest BCUT2D eigenvalue weighted by molar-refractivity contribution is -0.137. The number of nitrogens with one attached hydrogen (secondary N) is 1. The fourth-order valence-corrected chi connectivity index (χ4v) is 3.10. The van der Waals surface area contributed by atoms with E-state index in [1.54, 1.807) is 0 Å². The summed E-state index contributed by atoms with van der Waals surface area (Å²) in [5.74, 6) is 1.24. The Hall–Kier alpha value is -1.06. The number of carbonyl (C=O) groups is 1. The van der Waals surface area contributed by atoms with Crippen molar-refractivity contribution in [2.45, 2.75) is 25.2 Å². The van der Waals surface area contributed by atoms with E-state index < -0.39 is 0 Å². The Morgan fingerprint density at radius 3 is 2.50 bits per heavy atom. The quantitative estimate of drug-likeness (QED) is 0.908. The maximum Gasteiger partial charge on any atom is 0.228 e.